The topological polar surface area (TPSA) is 127 Å². The van der Waals surface area contributed by atoms with Crippen LogP contribution in [0, 0.1) is 16.0 Å². The van der Waals surface area contributed by atoms with Crippen LogP contribution in [0.1, 0.15) is 42.4 Å². The Bertz CT molecular complexity index is 1400. The molecular weight excluding hydrogens is 567 g/mol. The predicted octanol–water partition coefficient (Wildman–Crippen LogP) is 5.23. The van der Waals surface area contributed by atoms with Gasteiger partial charge in [0.25, 0.3) is 0 Å². The van der Waals surface area contributed by atoms with E-state index in [1.165, 1.54) is 0 Å². The maximum Gasteiger partial charge on any atom is 0.328 e. The number of benzene rings is 3. The summed E-state index contributed by atoms with van der Waals surface area (Å²) in [5.74, 6) is -1.71. The Balaban J connectivity index is 0.00000387. The van der Waals surface area contributed by atoms with Gasteiger partial charge in [0, 0.05) is 45.9 Å². The summed E-state index contributed by atoms with van der Waals surface area (Å²) in [6.07, 6.45) is 2.06. The Labute approximate surface area is 248 Å². The number of carboxylic acid groups (broad SMARTS) is 1. The molecule has 1 saturated heterocycles. The van der Waals surface area contributed by atoms with Crippen LogP contribution in [0.15, 0.2) is 89.9 Å². The van der Waals surface area contributed by atoms with Crippen LogP contribution in [-0.4, -0.2) is 57.2 Å². The molecule has 1 N–H and O–H groups in total. The van der Waals surface area contributed by atoms with E-state index in [0.717, 1.165) is 24.9 Å². The van der Waals surface area contributed by atoms with Gasteiger partial charge in [0.1, 0.15) is 6.04 Å². The number of likely N-dealkylation sites (tertiary alicyclic amines) is 1. The minimum absolute atomic E-state index is 0. The summed E-state index contributed by atoms with van der Waals surface area (Å²) in [5, 5.41) is 25.7. The van der Waals surface area contributed by atoms with Crippen molar-refractivity contribution in [3.8, 4) is 0 Å². The number of nitro groups is 1. The van der Waals surface area contributed by atoms with Crippen molar-refractivity contribution in [3.05, 3.63) is 117 Å². The van der Waals surface area contributed by atoms with Crippen LogP contribution in [0.3, 0.4) is 0 Å². The molecule has 0 aromatic heterocycles. The smallest absolute Gasteiger partial charge is 0.328 e. The largest absolute Gasteiger partial charge is 0.625 e. The molecule has 9 nitrogen and oxygen atoms in total. The van der Waals surface area contributed by atoms with E-state index in [0.29, 0.717) is 35.5 Å². The van der Waals surface area contributed by atoms with Gasteiger partial charge in [-0.15, -0.1) is 5.69 Å². The van der Waals surface area contributed by atoms with Gasteiger partial charge in [-0.05, 0) is 36.9 Å². The molecule has 0 unspecified atom stereocenters. The van der Waals surface area contributed by atoms with E-state index in [2.05, 4.69) is 15.2 Å². The zero-order valence-corrected chi connectivity index (χ0v) is 23.3. The molecule has 5 rings (SSSR count). The van der Waals surface area contributed by atoms with Crippen LogP contribution in [0.2, 0.25) is 0 Å². The Hall–Kier alpha value is -3.88. The first-order valence-electron chi connectivity index (χ1n) is 13.5. The minimum Gasteiger partial charge on any atom is -0.625 e. The molecule has 0 spiro atoms. The molecule has 1 amide bonds. The van der Waals surface area contributed by atoms with Crippen LogP contribution in [0.5, 0.6) is 0 Å². The Morgan fingerprint density at radius 2 is 1.68 bits per heavy atom. The second-order valence-corrected chi connectivity index (χ2v) is 10.4. The fraction of sp³-hybridized carbons (Fsp3) is 0.323. The van der Waals surface area contributed by atoms with Crippen molar-refractivity contribution in [1.82, 2.24) is 4.90 Å². The quantitative estimate of drug-likeness (QED) is 0.140. The number of hydrogen-bond donors (Lipinski definition) is 1. The summed E-state index contributed by atoms with van der Waals surface area (Å²) in [7, 11) is 0. The Morgan fingerprint density at radius 1 is 1.02 bits per heavy atom. The molecule has 2 fully saturated rings. The van der Waals surface area contributed by atoms with Crippen molar-refractivity contribution in [1.29, 1.82) is 0 Å². The summed E-state index contributed by atoms with van der Waals surface area (Å²) in [6, 6.07) is 24.1. The van der Waals surface area contributed by atoms with E-state index in [-0.39, 0.29) is 45.7 Å². The monoisotopic (exact) mass is 597 g/mol. The van der Waals surface area contributed by atoms with E-state index < -0.39 is 18.1 Å². The average Bonchev–Trinajstić information content (AvgIpc) is 3.59. The third-order valence-corrected chi connectivity index (χ3v) is 7.57. The molecule has 1 aliphatic heterocycles. The first kappa shape index (κ1) is 30.1. The number of para-hydroxylation sites is 1. The first-order valence-corrected chi connectivity index (χ1v) is 13.5. The number of carbonyl (C=O) groups is 2. The number of carbonyl (C=O) groups excluding carboxylic acids is 1. The maximum atomic E-state index is 13.5. The fourth-order valence-electron chi connectivity index (χ4n) is 5.37. The summed E-state index contributed by atoms with van der Waals surface area (Å²) < 4.78 is 0. The fourth-order valence-corrected chi connectivity index (χ4v) is 5.37. The molecule has 1 heterocycles. The predicted molar refractivity (Wildman–Crippen MR) is 151 cm³/mol. The standard InChI is InChI=1S/C31H32N4O5.Ni/c36-30(27-16-9-17-34(27)20-21-10-3-1-4-11-21)33-25-15-8-7-14-24(25)29(22-12-5-2-6-13-22)32-26(31(37)38)18-23-19-28(23)35(39)40;/h1-8,10-15,23,26-28H,9,16-20H2,(H2,32,33,36,37,38);/p-1/t23-,26-,27+,28-;/m0./s1. The van der Waals surface area contributed by atoms with Crippen LogP contribution in [0.25, 0.3) is 5.32 Å². The van der Waals surface area contributed by atoms with Crippen molar-refractivity contribution in [2.24, 2.45) is 10.9 Å². The van der Waals surface area contributed by atoms with E-state index >= 15 is 0 Å². The van der Waals surface area contributed by atoms with Crippen LogP contribution in [0.4, 0.5) is 5.69 Å². The minimum atomic E-state index is -1.16. The summed E-state index contributed by atoms with van der Waals surface area (Å²) in [5.41, 5.74) is 3.17. The molecule has 4 atom stereocenters. The van der Waals surface area contributed by atoms with Gasteiger partial charge in [-0.3, -0.25) is 20.0 Å². The van der Waals surface area contributed by atoms with Crippen molar-refractivity contribution < 1.29 is 36.1 Å². The van der Waals surface area contributed by atoms with Gasteiger partial charge >= 0.3 is 5.97 Å². The number of aliphatic carboxylic acids is 1. The van der Waals surface area contributed by atoms with E-state index in [1.807, 2.05) is 60.7 Å². The zero-order chi connectivity index (χ0) is 28.1. The Kier molecular flexibility index (Phi) is 10.0. The van der Waals surface area contributed by atoms with E-state index in [4.69, 9.17) is 0 Å². The van der Waals surface area contributed by atoms with Crippen molar-refractivity contribution in [3.63, 3.8) is 0 Å². The van der Waals surface area contributed by atoms with Gasteiger partial charge < -0.3 is 15.2 Å². The molecule has 1 saturated carbocycles. The zero-order valence-electron chi connectivity index (χ0n) is 22.3. The number of carboxylic acids is 1. The molecule has 2 aliphatic rings. The molecule has 0 radical (unpaired) electrons. The number of hydrogen-bond acceptors (Lipinski definition) is 6. The SMILES string of the molecule is O=C(O)[C@H](C[C@H]1C[C@@H]1[N+](=O)[O-])N=C(c1ccccc1)c1ccccc1[N-]C(=O)[C@H]1CCCN1Cc1ccccc1.[Ni]. The van der Waals surface area contributed by atoms with Crippen molar-refractivity contribution >= 4 is 23.3 Å². The molecule has 3 aromatic carbocycles. The molecule has 10 heteroatoms. The summed E-state index contributed by atoms with van der Waals surface area (Å²) in [4.78, 5) is 43.3. The molecule has 41 heavy (non-hydrogen) atoms. The van der Waals surface area contributed by atoms with Gasteiger partial charge in [-0.1, -0.05) is 84.9 Å². The molecule has 0 bridgehead atoms. The van der Waals surface area contributed by atoms with Crippen LogP contribution in [-0.2, 0) is 32.6 Å². The van der Waals surface area contributed by atoms with Crippen molar-refractivity contribution in [2.45, 2.75) is 50.4 Å². The normalized spacial score (nSPS) is 21.0. The van der Waals surface area contributed by atoms with Gasteiger partial charge in [-0.25, -0.2) is 4.79 Å². The third-order valence-electron chi connectivity index (χ3n) is 7.57. The summed E-state index contributed by atoms with van der Waals surface area (Å²) >= 11 is 0. The number of rotatable bonds is 11. The van der Waals surface area contributed by atoms with Gasteiger partial charge in [0.2, 0.25) is 6.04 Å². The third kappa shape index (κ3) is 7.45. The second kappa shape index (κ2) is 13.7. The van der Waals surface area contributed by atoms with Gasteiger partial charge in [-0.2, -0.15) is 0 Å². The first-order chi connectivity index (χ1) is 19.4. The van der Waals surface area contributed by atoms with E-state index in [9.17, 15) is 24.8 Å². The number of aliphatic imine (C=N–C) groups is 1. The maximum absolute atomic E-state index is 13.5. The number of nitrogens with zero attached hydrogens (tertiary/aromatic N) is 4. The van der Waals surface area contributed by atoms with Crippen LogP contribution >= 0.6 is 0 Å². The molecule has 3 aromatic rings. The average molecular weight is 598 g/mol. The second-order valence-electron chi connectivity index (χ2n) is 10.4. The Morgan fingerprint density at radius 3 is 2.34 bits per heavy atom. The van der Waals surface area contributed by atoms with Gasteiger partial charge in [0.15, 0.2) is 0 Å². The van der Waals surface area contributed by atoms with Gasteiger partial charge in [0.05, 0.1) is 17.7 Å². The number of amides is 1. The molecule has 1 aliphatic carbocycles. The molecule has 216 valence electrons. The summed E-state index contributed by atoms with van der Waals surface area (Å²) in [6.45, 7) is 1.48. The van der Waals surface area contributed by atoms with E-state index in [1.54, 1.807) is 24.3 Å². The van der Waals surface area contributed by atoms with Crippen LogP contribution < -0.4 is 0 Å². The molecular formula is C31H31N4NiO5-. The van der Waals surface area contributed by atoms with Crippen molar-refractivity contribution in [2.75, 3.05) is 6.54 Å².